The molecule has 0 atom stereocenters. The molecule has 0 saturated heterocycles. The number of carboxylic acids is 1. The maximum Gasteiger partial charge on any atom is 0.449 e. The minimum atomic E-state index is -4.55. The molecule has 0 spiro atoms. The number of fused-ring (bicyclic) bond motifs is 1. The van der Waals surface area contributed by atoms with Gasteiger partial charge in [-0.3, -0.25) is 0 Å². The summed E-state index contributed by atoms with van der Waals surface area (Å²) in [6.45, 7) is 0. The topological polar surface area (TPSA) is 55.1 Å². The zero-order valence-corrected chi connectivity index (χ0v) is 11.0. The van der Waals surface area contributed by atoms with Crippen molar-refractivity contribution in [2.45, 2.75) is 37.9 Å². The van der Waals surface area contributed by atoms with Crippen molar-refractivity contribution in [1.82, 2.24) is 9.55 Å². The van der Waals surface area contributed by atoms with Crippen molar-refractivity contribution < 1.29 is 23.1 Å². The molecule has 1 N–H and O–H groups in total. The number of aromatic nitrogens is 2. The van der Waals surface area contributed by atoms with Crippen molar-refractivity contribution >= 4 is 17.0 Å². The predicted octanol–water partition coefficient (Wildman–Crippen LogP) is 3.87. The molecule has 1 aromatic carbocycles. The fourth-order valence-corrected chi connectivity index (χ4v) is 2.96. The molecule has 1 saturated carbocycles. The lowest BCUT2D eigenvalue weighted by Crippen LogP contribution is -2.17. The van der Waals surface area contributed by atoms with Gasteiger partial charge in [-0.15, -0.1) is 0 Å². The summed E-state index contributed by atoms with van der Waals surface area (Å²) in [4.78, 5) is 14.7. The molecule has 0 amide bonds. The first-order chi connectivity index (χ1) is 9.88. The summed E-state index contributed by atoms with van der Waals surface area (Å²) in [7, 11) is 0. The predicted molar refractivity (Wildman–Crippen MR) is 69.2 cm³/mol. The van der Waals surface area contributed by atoms with Gasteiger partial charge in [0.05, 0.1) is 16.6 Å². The summed E-state index contributed by atoms with van der Waals surface area (Å²) in [6.07, 6.45) is -1.48. The highest BCUT2D eigenvalue weighted by atomic mass is 19.4. The van der Waals surface area contributed by atoms with Crippen molar-refractivity contribution in [3.05, 3.63) is 29.6 Å². The third-order valence-electron chi connectivity index (χ3n) is 3.88. The number of benzene rings is 1. The van der Waals surface area contributed by atoms with Gasteiger partial charge in [0, 0.05) is 6.04 Å². The second-order valence-electron chi connectivity index (χ2n) is 5.25. The van der Waals surface area contributed by atoms with Gasteiger partial charge in [-0.25, -0.2) is 9.78 Å². The third kappa shape index (κ3) is 2.36. The van der Waals surface area contributed by atoms with Crippen LogP contribution in [0, 0.1) is 0 Å². The van der Waals surface area contributed by atoms with E-state index in [1.807, 2.05) is 0 Å². The number of carbonyl (C=O) groups is 1. The van der Waals surface area contributed by atoms with E-state index in [2.05, 4.69) is 4.98 Å². The van der Waals surface area contributed by atoms with Crippen LogP contribution in [0.3, 0.4) is 0 Å². The van der Waals surface area contributed by atoms with Crippen LogP contribution >= 0.6 is 0 Å². The summed E-state index contributed by atoms with van der Waals surface area (Å²) in [6, 6.07) is 3.62. The number of hydrogen-bond donors (Lipinski definition) is 1. The molecule has 3 rings (SSSR count). The first-order valence-corrected chi connectivity index (χ1v) is 6.70. The summed E-state index contributed by atoms with van der Waals surface area (Å²) in [5.41, 5.74) is 0.392. The van der Waals surface area contributed by atoms with Crippen molar-refractivity contribution in [1.29, 1.82) is 0 Å². The smallest absolute Gasteiger partial charge is 0.449 e. The molecular weight excluding hydrogens is 285 g/mol. The van der Waals surface area contributed by atoms with E-state index in [4.69, 9.17) is 5.11 Å². The Kier molecular flexibility index (Phi) is 3.15. The number of hydrogen-bond acceptors (Lipinski definition) is 2. The van der Waals surface area contributed by atoms with Crippen LogP contribution in [0.4, 0.5) is 13.2 Å². The summed E-state index contributed by atoms with van der Waals surface area (Å²) in [5, 5.41) is 9.02. The number of carboxylic acid groups (broad SMARTS) is 1. The molecule has 0 radical (unpaired) electrons. The molecule has 1 aliphatic rings. The number of imidazole rings is 1. The molecule has 2 aromatic rings. The van der Waals surface area contributed by atoms with Crippen LogP contribution < -0.4 is 0 Å². The quantitative estimate of drug-likeness (QED) is 0.915. The maximum absolute atomic E-state index is 13.2. The van der Waals surface area contributed by atoms with Gasteiger partial charge in [0.25, 0.3) is 0 Å². The number of nitrogens with zero attached hydrogens (tertiary/aromatic N) is 2. The first-order valence-electron chi connectivity index (χ1n) is 6.70. The van der Waals surface area contributed by atoms with Gasteiger partial charge in [0.1, 0.15) is 0 Å². The van der Waals surface area contributed by atoms with E-state index in [0.29, 0.717) is 12.8 Å². The van der Waals surface area contributed by atoms with Gasteiger partial charge >= 0.3 is 12.1 Å². The summed E-state index contributed by atoms with van der Waals surface area (Å²) < 4.78 is 40.8. The van der Waals surface area contributed by atoms with Crippen molar-refractivity contribution in [2.24, 2.45) is 0 Å². The summed E-state index contributed by atoms with van der Waals surface area (Å²) in [5.74, 6) is -2.10. The van der Waals surface area contributed by atoms with Gasteiger partial charge in [0.15, 0.2) is 0 Å². The van der Waals surface area contributed by atoms with E-state index >= 15 is 0 Å². The van der Waals surface area contributed by atoms with Crippen LogP contribution in [0.5, 0.6) is 0 Å². The average Bonchev–Trinajstić information content (AvgIpc) is 3.03. The van der Waals surface area contributed by atoms with Gasteiger partial charge in [0.2, 0.25) is 5.82 Å². The van der Waals surface area contributed by atoms with E-state index in [9.17, 15) is 18.0 Å². The SMILES string of the molecule is O=C(O)c1ccc2nc(C(F)(F)F)n(C3CCCC3)c2c1. The normalized spacial score (nSPS) is 16.7. The zero-order valence-electron chi connectivity index (χ0n) is 11.0. The van der Waals surface area contributed by atoms with Gasteiger partial charge < -0.3 is 9.67 Å². The molecule has 7 heteroatoms. The molecule has 1 heterocycles. The molecule has 1 aliphatic carbocycles. The molecule has 0 aliphatic heterocycles. The Hall–Kier alpha value is -2.05. The third-order valence-corrected chi connectivity index (χ3v) is 3.88. The maximum atomic E-state index is 13.2. The fourth-order valence-electron chi connectivity index (χ4n) is 2.96. The highest BCUT2D eigenvalue weighted by Gasteiger charge is 2.39. The lowest BCUT2D eigenvalue weighted by molar-refractivity contribution is -0.147. The molecule has 0 bridgehead atoms. The van der Waals surface area contributed by atoms with Crippen LogP contribution in [-0.2, 0) is 6.18 Å². The average molecular weight is 298 g/mol. The standard InChI is InChI=1S/C14H13F3N2O2/c15-14(16,17)13-18-10-6-5-8(12(20)21)7-11(10)19(13)9-3-1-2-4-9/h5-7,9H,1-4H2,(H,20,21). The minimum Gasteiger partial charge on any atom is -0.478 e. The largest absolute Gasteiger partial charge is 0.478 e. The van der Waals surface area contributed by atoms with Crippen molar-refractivity contribution in [3.63, 3.8) is 0 Å². The van der Waals surface area contributed by atoms with E-state index in [1.165, 1.54) is 22.8 Å². The Morgan fingerprint density at radius 1 is 1.29 bits per heavy atom. The highest BCUT2D eigenvalue weighted by Crippen LogP contribution is 2.39. The molecule has 1 fully saturated rings. The number of halogens is 3. The van der Waals surface area contributed by atoms with Crippen LogP contribution in [-0.4, -0.2) is 20.6 Å². The van der Waals surface area contributed by atoms with Gasteiger partial charge in [-0.1, -0.05) is 12.8 Å². The Morgan fingerprint density at radius 3 is 2.52 bits per heavy atom. The zero-order chi connectivity index (χ0) is 15.2. The minimum absolute atomic E-state index is 0.0321. The molecule has 21 heavy (non-hydrogen) atoms. The Bertz CT molecular complexity index is 700. The van der Waals surface area contributed by atoms with Crippen LogP contribution in [0.1, 0.15) is 47.9 Å². The highest BCUT2D eigenvalue weighted by molar-refractivity contribution is 5.92. The fraction of sp³-hybridized carbons (Fsp3) is 0.429. The molecule has 112 valence electrons. The number of rotatable bonds is 2. The summed E-state index contributed by atoms with van der Waals surface area (Å²) >= 11 is 0. The van der Waals surface area contributed by atoms with E-state index in [1.54, 1.807) is 0 Å². The lowest BCUT2D eigenvalue weighted by atomic mass is 10.2. The molecule has 4 nitrogen and oxygen atoms in total. The molecular formula is C14H13F3N2O2. The number of alkyl halides is 3. The van der Waals surface area contributed by atoms with Crippen LogP contribution in [0.25, 0.3) is 11.0 Å². The first kappa shape index (κ1) is 13.9. The second kappa shape index (κ2) is 4.75. The molecule has 1 aromatic heterocycles. The van der Waals surface area contributed by atoms with Gasteiger partial charge in [-0.2, -0.15) is 13.2 Å². The second-order valence-corrected chi connectivity index (χ2v) is 5.25. The Morgan fingerprint density at radius 2 is 1.95 bits per heavy atom. The monoisotopic (exact) mass is 298 g/mol. The van der Waals surface area contributed by atoms with Crippen LogP contribution in [0.15, 0.2) is 18.2 Å². The Labute approximate surface area is 118 Å². The molecule has 0 unspecified atom stereocenters. The van der Waals surface area contributed by atoms with E-state index < -0.39 is 18.0 Å². The Balaban J connectivity index is 2.26. The van der Waals surface area contributed by atoms with E-state index in [-0.39, 0.29) is 22.6 Å². The van der Waals surface area contributed by atoms with Crippen molar-refractivity contribution in [3.8, 4) is 0 Å². The van der Waals surface area contributed by atoms with Gasteiger partial charge in [-0.05, 0) is 31.0 Å². The van der Waals surface area contributed by atoms with E-state index in [0.717, 1.165) is 12.8 Å². The lowest BCUT2D eigenvalue weighted by Gasteiger charge is -2.17. The van der Waals surface area contributed by atoms with Crippen LogP contribution in [0.2, 0.25) is 0 Å². The number of aromatic carboxylic acids is 1. The van der Waals surface area contributed by atoms with Crippen molar-refractivity contribution in [2.75, 3.05) is 0 Å².